The average Bonchev–Trinajstić information content (AvgIpc) is 2.92. The summed E-state index contributed by atoms with van der Waals surface area (Å²) in [5, 5.41) is 2.44. The summed E-state index contributed by atoms with van der Waals surface area (Å²) in [5.74, 6) is 1.34. The van der Waals surface area contributed by atoms with Crippen LogP contribution in [-0.4, -0.2) is 16.5 Å². The van der Waals surface area contributed by atoms with Gasteiger partial charge in [0.1, 0.15) is 11.6 Å². The Morgan fingerprint density at radius 2 is 2.28 bits per heavy atom. The largest absolute Gasteiger partial charge is 0.495 e. The molecular formula is C12H10ClN3OS. The Balaban J connectivity index is 2.10. The first-order chi connectivity index (χ1) is 8.69. The van der Waals surface area contributed by atoms with E-state index >= 15 is 0 Å². The van der Waals surface area contributed by atoms with Crippen LogP contribution in [0.4, 0.5) is 5.82 Å². The molecule has 0 spiro atoms. The van der Waals surface area contributed by atoms with Gasteiger partial charge in [0.25, 0.3) is 0 Å². The normalized spacial score (nSPS) is 11.0. The Morgan fingerprint density at radius 1 is 1.44 bits per heavy atom. The predicted octanol–water partition coefficient (Wildman–Crippen LogP) is 3.31. The Kier molecular flexibility index (Phi) is 2.65. The smallest absolute Gasteiger partial charge is 0.195 e. The Morgan fingerprint density at radius 3 is 2.94 bits per heavy atom. The van der Waals surface area contributed by atoms with Crippen LogP contribution in [-0.2, 0) is 0 Å². The first-order valence-electron chi connectivity index (χ1n) is 5.25. The first kappa shape index (κ1) is 11.4. The van der Waals surface area contributed by atoms with E-state index in [1.54, 1.807) is 7.11 Å². The van der Waals surface area contributed by atoms with E-state index in [0.717, 1.165) is 16.2 Å². The number of aromatic nitrogens is 2. The molecule has 0 radical (unpaired) electrons. The molecule has 2 N–H and O–H groups in total. The van der Waals surface area contributed by atoms with Crippen molar-refractivity contribution in [3.8, 4) is 17.0 Å². The van der Waals surface area contributed by atoms with Gasteiger partial charge >= 0.3 is 0 Å². The zero-order valence-electron chi connectivity index (χ0n) is 9.55. The lowest BCUT2D eigenvalue weighted by molar-refractivity contribution is 0.415. The fourth-order valence-electron chi connectivity index (χ4n) is 1.77. The SMILES string of the molecule is COc1ccc(-c2cn3c(N)csc3n2)cc1Cl. The zero-order valence-corrected chi connectivity index (χ0v) is 11.1. The molecule has 0 aliphatic heterocycles. The van der Waals surface area contributed by atoms with Gasteiger partial charge in [0.2, 0.25) is 0 Å². The van der Waals surface area contributed by atoms with Crippen LogP contribution in [0.1, 0.15) is 0 Å². The molecule has 3 aromatic rings. The molecule has 0 bridgehead atoms. The minimum Gasteiger partial charge on any atom is -0.495 e. The predicted molar refractivity (Wildman–Crippen MR) is 74.5 cm³/mol. The third-order valence-corrected chi connectivity index (χ3v) is 3.84. The Hall–Kier alpha value is -1.72. The lowest BCUT2D eigenvalue weighted by atomic mass is 10.1. The highest BCUT2D eigenvalue weighted by Crippen LogP contribution is 2.31. The van der Waals surface area contributed by atoms with Gasteiger partial charge in [-0.15, -0.1) is 11.3 Å². The summed E-state index contributed by atoms with van der Waals surface area (Å²) in [6, 6.07) is 5.59. The summed E-state index contributed by atoms with van der Waals surface area (Å²) in [6.07, 6.45) is 1.90. The molecule has 2 heterocycles. The molecule has 2 aromatic heterocycles. The lowest BCUT2D eigenvalue weighted by Crippen LogP contribution is -1.88. The van der Waals surface area contributed by atoms with Gasteiger partial charge in [0.15, 0.2) is 4.96 Å². The van der Waals surface area contributed by atoms with E-state index in [2.05, 4.69) is 4.98 Å². The minimum atomic E-state index is 0.569. The third kappa shape index (κ3) is 1.72. The van der Waals surface area contributed by atoms with Gasteiger partial charge in [-0.3, -0.25) is 4.40 Å². The van der Waals surface area contributed by atoms with Gasteiger partial charge in [-0.2, -0.15) is 0 Å². The van der Waals surface area contributed by atoms with Crippen molar-refractivity contribution >= 4 is 33.7 Å². The number of benzene rings is 1. The number of nitrogens with zero attached hydrogens (tertiary/aromatic N) is 2. The minimum absolute atomic E-state index is 0.569. The van der Waals surface area contributed by atoms with Gasteiger partial charge in [0.05, 0.1) is 17.8 Å². The number of halogens is 1. The monoisotopic (exact) mass is 279 g/mol. The molecule has 0 fully saturated rings. The van der Waals surface area contributed by atoms with Crippen LogP contribution in [0.2, 0.25) is 5.02 Å². The number of anilines is 1. The van der Waals surface area contributed by atoms with Crippen molar-refractivity contribution in [2.75, 3.05) is 12.8 Å². The van der Waals surface area contributed by atoms with Crippen LogP contribution >= 0.6 is 22.9 Å². The van der Waals surface area contributed by atoms with Crippen molar-refractivity contribution in [3.05, 3.63) is 34.8 Å². The molecule has 0 unspecified atom stereocenters. The summed E-state index contributed by atoms with van der Waals surface area (Å²) in [7, 11) is 1.59. The number of nitrogens with two attached hydrogens (primary N) is 1. The Labute approximate surface area is 113 Å². The second-order valence-corrected chi connectivity index (χ2v) is 5.03. The summed E-state index contributed by atoms with van der Waals surface area (Å²) >= 11 is 7.61. The summed E-state index contributed by atoms with van der Waals surface area (Å²) < 4.78 is 6.98. The van der Waals surface area contributed by atoms with E-state index in [1.807, 2.05) is 34.2 Å². The quantitative estimate of drug-likeness (QED) is 0.783. The molecule has 0 amide bonds. The van der Waals surface area contributed by atoms with Crippen molar-refractivity contribution in [1.82, 2.24) is 9.38 Å². The lowest BCUT2D eigenvalue weighted by Gasteiger charge is -2.03. The van der Waals surface area contributed by atoms with Gasteiger partial charge < -0.3 is 10.5 Å². The van der Waals surface area contributed by atoms with Crippen LogP contribution < -0.4 is 10.5 Å². The number of imidazole rings is 1. The molecule has 92 valence electrons. The molecule has 18 heavy (non-hydrogen) atoms. The molecule has 6 heteroatoms. The van der Waals surface area contributed by atoms with Gasteiger partial charge in [-0.25, -0.2) is 4.98 Å². The number of nitrogen functional groups attached to an aromatic ring is 1. The highest BCUT2D eigenvalue weighted by atomic mass is 35.5. The van der Waals surface area contributed by atoms with E-state index in [1.165, 1.54) is 11.3 Å². The number of fused-ring (bicyclic) bond motifs is 1. The van der Waals surface area contributed by atoms with Crippen molar-refractivity contribution in [1.29, 1.82) is 0 Å². The number of ether oxygens (including phenoxy) is 1. The maximum Gasteiger partial charge on any atom is 0.195 e. The molecule has 0 saturated carbocycles. The molecule has 0 aliphatic rings. The average molecular weight is 280 g/mol. The number of methoxy groups -OCH3 is 1. The van der Waals surface area contributed by atoms with Crippen molar-refractivity contribution in [2.24, 2.45) is 0 Å². The topological polar surface area (TPSA) is 52.5 Å². The van der Waals surface area contributed by atoms with Crippen molar-refractivity contribution < 1.29 is 4.74 Å². The molecule has 4 nitrogen and oxygen atoms in total. The fraction of sp³-hybridized carbons (Fsp3) is 0.0833. The molecule has 3 rings (SSSR count). The molecular weight excluding hydrogens is 270 g/mol. The standard InChI is InChI=1S/C12H10ClN3OS/c1-17-10-3-2-7(4-8(10)13)9-5-16-11(14)6-18-12(16)15-9/h2-6H,14H2,1H3. The van der Waals surface area contributed by atoms with Crippen LogP contribution in [0.25, 0.3) is 16.2 Å². The highest BCUT2D eigenvalue weighted by Gasteiger charge is 2.09. The van der Waals surface area contributed by atoms with Crippen LogP contribution in [0.3, 0.4) is 0 Å². The van der Waals surface area contributed by atoms with E-state index in [0.29, 0.717) is 16.6 Å². The fourth-order valence-corrected chi connectivity index (χ4v) is 2.79. The second kappa shape index (κ2) is 4.19. The maximum absolute atomic E-state index is 6.10. The van der Waals surface area contributed by atoms with Gasteiger partial charge in [-0.1, -0.05) is 11.6 Å². The summed E-state index contributed by atoms with van der Waals surface area (Å²) in [5.41, 5.74) is 7.62. The third-order valence-electron chi connectivity index (χ3n) is 2.68. The van der Waals surface area contributed by atoms with E-state index in [9.17, 15) is 0 Å². The number of hydrogen-bond acceptors (Lipinski definition) is 4. The first-order valence-corrected chi connectivity index (χ1v) is 6.51. The maximum atomic E-state index is 6.10. The zero-order chi connectivity index (χ0) is 12.7. The molecule has 0 aliphatic carbocycles. The van der Waals surface area contributed by atoms with Gasteiger partial charge in [-0.05, 0) is 18.2 Å². The van der Waals surface area contributed by atoms with Crippen LogP contribution in [0.5, 0.6) is 5.75 Å². The van der Waals surface area contributed by atoms with Crippen LogP contribution in [0.15, 0.2) is 29.8 Å². The van der Waals surface area contributed by atoms with Gasteiger partial charge in [0, 0.05) is 17.1 Å². The summed E-state index contributed by atoms with van der Waals surface area (Å²) in [4.78, 5) is 5.37. The molecule has 0 atom stereocenters. The second-order valence-electron chi connectivity index (χ2n) is 3.79. The molecule has 0 saturated heterocycles. The van der Waals surface area contributed by atoms with Crippen LogP contribution in [0, 0.1) is 0 Å². The summed E-state index contributed by atoms with van der Waals surface area (Å²) in [6.45, 7) is 0. The molecule has 1 aromatic carbocycles. The van der Waals surface area contributed by atoms with E-state index in [4.69, 9.17) is 22.1 Å². The number of hydrogen-bond donors (Lipinski definition) is 1. The van der Waals surface area contributed by atoms with Crippen molar-refractivity contribution in [3.63, 3.8) is 0 Å². The number of thiazole rings is 1. The van der Waals surface area contributed by atoms with E-state index < -0.39 is 0 Å². The van der Waals surface area contributed by atoms with E-state index in [-0.39, 0.29) is 0 Å². The number of rotatable bonds is 2. The highest BCUT2D eigenvalue weighted by molar-refractivity contribution is 7.15. The Bertz CT molecular complexity index is 719. The van der Waals surface area contributed by atoms with Crippen molar-refractivity contribution in [2.45, 2.75) is 0 Å².